The highest BCUT2D eigenvalue weighted by atomic mass is 19.1. The summed E-state index contributed by atoms with van der Waals surface area (Å²) in [5.41, 5.74) is 5.48. The van der Waals surface area contributed by atoms with E-state index in [2.05, 4.69) is 26.6 Å². The van der Waals surface area contributed by atoms with Crippen molar-refractivity contribution in [2.75, 3.05) is 6.54 Å². The molecule has 0 saturated heterocycles. The van der Waals surface area contributed by atoms with Gasteiger partial charge in [-0.2, -0.15) is 0 Å². The van der Waals surface area contributed by atoms with Gasteiger partial charge < -0.3 is 5.32 Å². The fourth-order valence-electron chi connectivity index (χ4n) is 4.04. The second-order valence-electron chi connectivity index (χ2n) is 8.22. The molecule has 0 bridgehead atoms. The number of fused-ring (bicyclic) bond motifs is 1. The molecule has 31 heavy (non-hydrogen) atoms. The summed E-state index contributed by atoms with van der Waals surface area (Å²) in [4.78, 5) is 14.9. The summed E-state index contributed by atoms with van der Waals surface area (Å²) in [6.45, 7) is 8.25. The van der Waals surface area contributed by atoms with Gasteiger partial charge in [-0.05, 0) is 61.6 Å². The van der Waals surface area contributed by atoms with Crippen LogP contribution in [0.2, 0.25) is 0 Å². The maximum Gasteiger partial charge on any atom is 0.273 e. The van der Waals surface area contributed by atoms with E-state index in [4.69, 9.17) is 0 Å². The van der Waals surface area contributed by atoms with Crippen molar-refractivity contribution in [3.05, 3.63) is 76.4 Å². The SMILES string of the molecule is CCC(C)NC(=O)c1nnn(-c2cccc3c2CCN(Cc2cccc(F)c2)C3)c1C. The van der Waals surface area contributed by atoms with Crippen LogP contribution in [0.1, 0.15) is 53.1 Å². The first-order valence-electron chi connectivity index (χ1n) is 10.8. The molecule has 1 aliphatic rings. The second-order valence-corrected chi connectivity index (χ2v) is 8.22. The molecule has 3 aromatic rings. The zero-order valence-electron chi connectivity index (χ0n) is 18.2. The molecule has 1 aromatic heterocycles. The fourth-order valence-corrected chi connectivity index (χ4v) is 4.04. The first-order chi connectivity index (χ1) is 15.0. The Labute approximate surface area is 182 Å². The van der Waals surface area contributed by atoms with Crippen LogP contribution in [0, 0.1) is 12.7 Å². The van der Waals surface area contributed by atoms with E-state index >= 15 is 0 Å². The van der Waals surface area contributed by atoms with Gasteiger partial charge in [0, 0.05) is 25.7 Å². The van der Waals surface area contributed by atoms with Crippen molar-refractivity contribution in [3.8, 4) is 5.69 Å². The standard InChI is InChI=1S/C24H28FN5O/c1-4-16(2)26-24(31)23-17(3)30(28-27-23)22-10-6-8-19-15-29(12-11-21(19)22)14-18-7-5-9-20(25)13-18/h5-10,13,16H,4,11-12,14-15H2,1-3H3,(H,26,31). The molecule has 4 rings (SSSR count). The fraction of sp³-hybridized carbons (Fsp3) is 0.375. The molecule has 162 valence electrons. The van der Waals surface area contributed by atoms with Crippen LogP contribution >= 0.6 is 0 Å². The number of hydrogen-bond donors (Lipinski definition) is 1. The summed E-state index contributed by atoms with van der Waals surface area (Å²) in [6, 6.07) is 13.0. The lowest BCUT2D eigenvalue weighted by Gasteiger charge is -2.30. The van der Waals surface area contributed by atoms with Gasteiger partial charge in [-0.1, -0.05) is 36.4 Å². The van der Waals surface area contributed by atoms with Crippen LogP contribution in [0.4, 0.5) is 4.39 Å². The van der Waals surface area contributed by atoms with E-state index in [0.29, 0.717) is 12.2 Å². The summed E-state index contributed by atoms with van der Waals surface area (Å²) < 4.78 is 15.3. The number of carbonyl (C=O) groups is 1. The minimum atomic E-state index is -0.202. The average Bonchev–Trinajstić information content (AvgIpc) is 3.14. The van der Waals surface area contributed by atoms with Crippen molar-refractivity contribution >= 4 is 5.91 Å². The Balaban J connectivity index is 1.56. The van der Waals surface area contributed by atoms with Crippen LogP contribution in [0.3, 0.4) is 0 Å². The number of nitrogens with zero attached hydrogens (tertiary/aromatic N) is 4. The molecular weight excluding hydrogens is 393 g/mol. The van der Waals surface area contributed by atoms with Gasteiger partial charge in [0.05, 0.1) is 11.4 Å². The molecule has 0 spiro atoms. The number of amides is 1. The molecule has 0 radical (unpaired) electrons. The molecule has 1 unspecified atom stereocenters. The zero-order valence-corrected chi connectivity index (χ0v) is 18.2. The molecule has 7 heteroatoms. The largest absolute Gasteiger partial charge is 0.348 e. The summed E-state index contributed by atoms with van der Waals surface area (Å²) in [7, 11) is 0. The van der Waals surface area contributed by atoms with E-state index in [1.54, 1.807) is 16.8 Å². The number of nitrogens with one attached hydrogen (secondary N) is 1. The summed E-state index contributed by atoms with van der Waals surface area (Å²) in [5, 5.41) is 11.4. The molecule has 1 N–H and O–H groups in total. The quantitative estimate of drug-likeness (QED) is 0.658. The van der Waals surface area contributed by atoms with E-state index in [-0.39, 0.29) is 17.8 Å². The van der Waals surface area contributed by atoms with Gasteiger partial charge in [0.2, 0.25) is 0 Å². The van der Waals surface area contributed by atoms with E-state index in [1.807, 2.05) is 39.0 Å². The average molecular weight is 422 g/mol. The van der Waals surface area contributed by atoms with Crippen LogP contribution < -0.4 is 5.32 Å². The normalized spacial score (nSPS) is 14.8. The Morgan fingerprint density at radius 2 is 2.06 bits per heavy atom. The molecule has 2 heterocycles. The molecule has 1 amide bonds. The van der Waals surface area contributed by atoms with Crippen LogP contribution in [0.5, 0.6) is 0 Å². The Kier molecular flexibility index (Phi) is 6.13. The first kappa shape index (κ1) is 21.2. The molecular formula is C24H28FN5O. The van der Waals surface area contributed by atoms with E-state index in [1.165, 1.54) is 17.2 Å². The monoisotopic (exact) mass is 421 g/mol. The number of benzene rings is 2. The lowest BCUT2D eigenvalue weighted by molar-refractivity contribution is 0.0933. The summed E-state index contributed by atoms with van der Waals surface area (Å²) in [6.07, 6.45) is 1.71. The molecule has 1 aliphatic heterocycles. The lowest BCUT2D eigenvalue weighted by Crippen LogP contribution is -2.32. The Morgan fingerprint density at radius 3 is 2.84 bits per heavy atom. The number of rotatable bonds is 6. The van der Waals surface area contributed by atoms with Crippen molar-refractivity contribution < 1.29 is 9.18 Å². The van der Waals surface area contributed by atoms with E-state index in [0.717, 1.165) is 42.9 Å². The van der Waals surface area contributed by atoms with Gasteiger partial charge in [-0.25, -0.2) is 9.07 Å². The molecule has 6 nitrogen and oxygen atoms in total. The van der Waals surface area contributed by atoms with Gasteiger partial charge in [0.25, 0.3) is 5.91 Å². The third-order valence-electron chi connectivity index (χ3n) is 5.94. The first-order valence-corrected chi connectivity index (χ1v) is 10.8. The van der Waals surface area contributed by atoms with Crippen molar-refractivity contribution in [1.82, 2.24) is 25.2 Å². The number of halogens is 1. The summed E-state index contributed by atoms with van der Waals surface area (Å²) >= 11 is 0. The highest BCUT2D eigenvalue weighted by Gasteiger charge is 2.23. The van der Waals surface area contributed by atoms with Crippen molar-refractivity contribution in [2.24, 2.45) is 0 Å². The molecule has 0 aliphatic carbocycles. The van der Waals surface area contributed by atoms with Gasteiger partial charge >= 0.3 is 0 Å². The van der Waals surface area contributed by atoms with Crippen LogP contribution in [-0.4, -0.2) is 38.4 Å². The number of aromatic nitrogens is 3. The highest BCUT2D eigenvalue weighted by molar-refractivity contribution is 5.93. The molecule has 0 fully saturated rings. The Morgan fingerprint density at radius 1 is 1.26 bits per heavy atom. The van der Waals surface area contributed by atoms with E-state index in [9.17, 15) is 9.18 Å². The Hall–Kier alpha value is -3.06. The van der Waals surface area contributed by atoms with Crippen molar-refractivity contribution in [1.29, 1.82) is 0 Å². The molecule has 2 aromatic carbocycles. The lowest BCUT2D eigenvalue weighted by atomic mass is 9.97. The topological polar surface area (TPSA) is 63.1 Å². The Bertz CT molecular complexity index is 1090. The third kappa shape index (κ3) is 4.51. The zero-order chi connectivity index (χ0) is 22.0. The predicted octanol–water partition coefficient (Wildman–Crippen LogP) is 3.80. The van der Waals surface area contributed by atoms with Crippen LogP contribution in [0.25, 0.3) is 5.69 Å². The number of carbonyl (C=O) groups excluding carboxylic acids is 1. The van der Waals surface area contributed by atoms with E-state index < -0.39 is 0 Å². The minimum Gasteiger partial charge on any atom is -0.348 e. The van der Waals surface area contributed by atoms with Crippen molar-refractivity contribution in [2.45, 2.75) is 52.7 Å². The maximum atomic E-state index is 13.5. The molecule has 1 atom stereocenters. The molecule has 0 saturated carbocycles. The van der Waals surface area contributed by atoms with Crippen LogP contribution in [-0.2, 0) is 19.5 Å². The van der Waals surface area contributed by atoms with Crippen LogP contribution in [0.15, 0.2) is 42.5 Å². The number of hydrogen-bond acceptors (Lipinski definition) is 4. The smallest absolute Gasteiger partial charge is 0.273 e. The van der Waals surface area contributed by atoms with Crippen molar-refractivity contribution in [3.63, 3.8) is 0 Å². The maximum absolute atomic E-state index is 13.5. The third-order valence-corrected chi connectivity index (χ3v) is 5.94. The predicted molar refractivity (Wildman–Crippen MR) is 118 cm³/mol. The minimum absolute atomic E-state index is 0.0885. The summed E-state index contributed by atoms with van der Waals surface area (Å²) in [5.74, 6) is -0.392. The van der Waals surface area contributed by atoms with Gasteiger partial charge in [0.1, 0.15) is 5.82 Å². The van der Waals surface area contributed by atoms with Gasteiger partial charge in [-0.3, -0.25) is 9.69 Å². The van der Waals surface area contributed by atoms with Gasteiger partial charge in [0.15, 0.2) is 5.69 Å². The second kappa shape index (κ2) is 8.98. The van der Waals surface area contributed by atoms with Gasteiger partial charge in [-0.15, -0.1) is 5.10 Å². The highest BCUT2D eigenvalue weighted by Crippen LogP contribution is 2.27.